The Bertz CT molecular complexity index is 298. The topological polar surface area (TPSA) is 29.1 Å². The number of aryl methyl sites for hydroxylation is 2. The van der Waals surface area contributed by atoms with Crippen molar-refractivity contribution in [3.05, 3.63) is 34.9 Å². The van der Waals surface area contributed by atoms with E-state index in [4.69, 9.17) is 0 Å². The van der Waals surface area contributed by atoms with Crippen molar-refractivity contribution in [1.82, 2.24) is 5.32 Å². The molecule has 0 aromatic heterocycles. The van der Waals surface area contributed by atoms with Gasteiger partial charge in [0.25, 0.3) is 0 Å². The summed E-state index contributed by atoms with van der Waals surface area (Å²) in [4.78, 5) is 10.7. The molecule has 0 saturated heterocycles. The van der Waals surface area contributed by atoms with Crippen LogP contribution in [0.1, 0.15) is 37.5 Å². The molecule has 0 radical (unpaired) electrons. The number of hydrogen-bond acceptors (Lipinski definition) is 1. The second kappa shape index (κ2) is 7.04. The van der Waals surface area contributed by atoms with Crippen molar-refractivity contribution >= 4 is 5.91 Å². The van der Waals surface area contributed by atoms with E-state index in [2.05, 4.69) is 31.3 Å². The zero-order valence-electron chi connectivity index (χ0n) is 10.3. The Morgan fingerprint density at radius 2 is 1.67 bits per heavy atom. The van der Waals surface area contributed by atoms with Gasteiger partial charge < -0.3 is 5.32 Å². The molecule has 15 heavy (non-hydrogen) atoms. The fourth-order valence-corrected chi connectivity index (χ4v) is 1.34. The number of benzene rings is 1. The monoisotopic (exact) mass is 207 g/mol. The standard InChI is InChI=1S/C11H15NO.C2H6/c1-8-5-4-6-9(2)11(8)7-12-10(3)13;1-2/h4-6H,7H2,1-3H3,(H,12,13);1-2H3. The Morgan fingerprint density at radius 3 is 2.07 bits per heavy atom. The van der Waals surface area contributed by atoms with Crippen LogP contribution < -0.4 is 5.32 Å². The maximum Gasteiger partial charge on any atom is 0.217 e. The Balaban J connectivity index is 0.000000921. The van der Waals surface area contributed by atoms with Crippen LogP contribution in [0, 0.1) is 13.8 Å². The summed E-state index contributed by atoms with van der Waals surface area (Å²) >= 11 is 0. The van der Waals surface area contributed by atoms with Gasteiger partial charge in [-0.3, -0.25) is 4.79 Å². The molecule has 1 rings (SSSR count). The lowest BCUT2D eigenvalue weighted by Crippen LogP contribution is -2.20. The van der Waals surface area contributed by atoms with Crippen LogP contribution in [0.3, 0.4) is 0 Å². The molecule has 84 valence electrons. The molecular weight excluding hydrogens is 186 g/mol. The van der Waals surface area contributed by atoms with Gasteiger partial charge in [0.2, 0.25) is 5.91 Å². The zero-order valence-corrected chi connectivity index (χ0v) is 10.3. The second-order valence-electron chi connectivity index (χ2n) is 3.28. The van der Waals surface area contributed by atoms with Gasteiger partial charge in [0, 0.05) is 13.5 Å². The Kier molecular flexibility index (Phi) is 6.43. The maximum atomic E-state index is 10.7. The van der Waals surface area contributed by atoms with Crippen molar-refractivity contribution < 1.29 is 4.79 Å². The molecule has 0 spiro atoms. The minimum atomic E-state index is 0.0163. The smallest absolute Gasteiger partial charge is 0.217 e. The van der Waals surface area contributed by atoms with Gasteiger partial charge in [-0.2, -0.15) is 0 Å². The molecular formula is C13H21NO. The van der Waals surface area contributed by atoms with Crippen molar-refractivity contribution in [2.24, 2.45) is 0 Å². The maximum absolute atomic E-state index is 10.7. The third kappa shape index (κ3) is 4.63. The number of rotatable bonds is 2. The van der Waals surface area contributed by atoms with Crippen molar-refractivity contribution in [1.29, 1.82) is 0 Å². The second-order valence-corrected chi connectivity index (χ2v) is 3.28. The van der Waals surface area contributed by atoms with Gasteiger partial charge in [-0.05, 0) is 30.5 Å². The molecule has 0 atom stereocenters. The predicted octanol–water partition coefficient (Wildman–Crippen LogP) is 2.97. The third-order valence-electron chi connectivity index (χ3n) is 2.16. The first kappa shape index (κ1) is 13.7. The van der Waals surface area contributed by atoms with Crippen molar-refractivity contribution in [2.45, 2.75) is 41.2 Å². The van der Waals surface area contributed by atoms with E-state index in [1.54, 1.807) is 0 Å². The average molecular weight is 207 g/mol. The molecule has 0 aliphatic carbocycles. The summed E-state index contributed by atoms with van der Waals surface area (Å²) in [6.07, 6.45) is 0. The highest BCUT2D eigenvalue weighted by molar-refractivity contribution is 5.72. The van der Waals surface area contributed by atoms with Crippen LogP contribution in [0.4, 0.5) is 0 Å². The average Bonchev–Trinajstić information content (AvgIpc) is 2.20. The number of carbonyl (C=O) groups excluding carboxylic acids is 1. The normalized spacial score (nSPS) is 8.87. The number of hydrogen-bond donors (Lipinski definition) is 1. The number of nitrogens with one attached hydrogen (secondary N) is 1. The van der Waals surface area contributed by atoms with E-state index in [-0.39, 0.29) is 5.91 Å². The van der Waals surface area contributed by atoms with Crippen LogP contribution in [-0.4, -0.2) is 5.91 Å². The predicted molar refractivity (Wildman–Crippen MR) is 64.8 cm³/mol. The number of carbonyl (C=O) groups is 1. The van der Waals surface area contributed by atoms with Crippen LogP contribution in [0.5, 0.6) is 0 Å². The van der Waals surface area contributed by atoms with E-state index in [9.17, 15) is 4.79 Å². The van der Waals surface area contributed by atoms with Crippen LogP contribution in [-0.2, 0) is 11.3 Å². The number of amides is 1. The van der Waals surface area contributed by atoms with Gasteiger partial charge in [0.15, 0.2) is 0 Å². The van der Waals surface area contributed by atoms with Gasteiger partial charge in [-0.25, -0.2) is 0 Å². The highest BCUT2D eigenvalue weighted by Crippen LogP contribution is 2.12. The molecule has 2 nitrogen and oxygen atoms in total. The van der Waals surface area contributed by atoms with Gasteiger partial charge in [-0.1, -0.05) is 32.0 Å². The Morgan fingerprint density at radius 1 is 1.20 bits per heavy atom. The fraction of sp³-hybridized carbons (Fsp3) is 0.462. The molecule has 0 heterocycles. The van der Waals surface area contributed by atoms with E-state index in [0.29, 0.717) is 6.54 Å². The largest absolute Gasteiger partial charge is 0.352 e. The molecule has 1 aromatic carbocycles. The van der Waals surface area contributed by atoms with Gasteiger partial charge >= 0.3 is 0 Å². The molecule has 0 aliphatic rings. The van der Waals surface area contributed by atoms with Gasteiger partial charge in [-0.15, -0.1) is 0 Å². The molecule has 0 bridgehead atoms. The first-order valence-electron chi connectivity index (χ1n) is 5.41. The first-order valence-corrected chi connectivity index (χ1v) is 5.41. The SMILES string of the molecule is CC.CC(=O)NCc1c(C)cccc1C. The molecule has 1 amide bonds. The molecule has 0 fully saturated rings. The highest BCUT2D eigenvalue weighted by Gasteiger charge is 2.01. The van der Waals surface area contributed by atoms with Gasteiger partial charge in [0.05, 0.1) is 0 Å². The molecule has 0 unspecified atom stereocenters. The van der Waals surface area contributed by atoms with Crippen LogP contribution in [0.2, 0.25) is 0 Å². The lowest BCUT2D eigenvalue weighted by Gasteiger charge is -2.09. The molecule has 1 N–H and O–H groups in total. The van der Waals surface area contributed by atoms with Crippen LogP contribution >= 0.6 is 0 Å². The van der Waals surface area contributed by atoms with Gasteiger partial charge in [0.1, 0.15) is 0 Å². The summed E-state index contributed by atoms with van der Waals surface area (Å²) in [5.74, 6) is 0.0163. The summed E-state index contributed by atoms with van der Waals surface area (Å²) in [5.41, 5.74) is 3.68. The minimum Gasteiger partial charge on any atom is -0.352 e. The van der Waals surface area contributed by atoms with E-state index in [1.807, 2.05) is 19.9 Å². The van der Waals surface area contributed by atoms with Crippen molar-refractivity contribution in [3.63, 3.8) is 0 Å². The quantitative estimate of drug-likeness (QED) is 0.793. The molecule has 2 heteroatoms. The summed E-state index contributed by atoms with van der Waals surface area (Å²) in [6, 6.07) is 6.15. The lowest BCUT2D eigenvalue weighted by molar-refractivity contribution is -0.119. The summed E-state index contributed by atoms with van der Waals surface area (Å²) in [6.45, 7) is 10.3. The van der Waals surface area contributed by atoms with E-state index in [1.165, 1.54) is 23.6 Å². The van der Waals surface area contributed by atoms with Crippen LogP contribution in [0.15, 0.2) is 18.2 Å². The van der Waals surface area contributed by atoms with E-state index < -0.39 is 0 Å². The van der Waals surface area contributed by atoms with Crippen molar-refractivity contribution in [3.8, 4) is 0 Å². The van der Waals surface area contributed by atoms with E-state index in [0.717, 1.165) is 0 Å². The van der Waals surface area contributed by atoms with Crippen LogP contribution in [0.25, 0.3) is 0 Å². The minimum absolute atomic E-state index is 0.0163. The third-order valence-corrected chi connectivity index (χ3v) is 2.16. The summed E-state index contributed by atoms with van der Waals surface area (Å²) < 4.78 is 0. The Hall–Kier alpha value is -1.31. The summed E-state index contributed by atoms with van der Waals surface area (Å²) in [5, 5.41) is 2.80. The highest BCUT2D eigenvalue weighted by atomic mass is 16.1. The lowest BCUT2D eigenvalue weighted by atomic mass is 10.0. The zero-order chi connectivity index (χ0) is 11.8. The first-order chi connectivity index (χ1) is 7.11. The van der Waals surface area contributed by atoms with E-state index >= 15 is 0 Å². The molecule has 0 aliphatic heterocycles. The molecule has 0 saturated carbocycles. The summed E-state index contributed by atoms with van der Waals surface area (Å²) in [7, 11) is 0. The molecule has 1 aromatic rings. The van der Waals surface area contributed by atoms with Crippen molar-refractivity contribution in [2.75, 3.05) is 0 Å². The fourth-order valence-electron chi connectivity index (χ4n) is 1.34. The Labute approximate surface area is 92.7 Å².